The molecular formula is C17H20NO4-. The van der Waals surface area contributed by atoms with Gasteiger partial charge in [0, 0.05) is 24.4 Å². The van der Waals surface area contributed by atoms with Crippen LogP contribution in [0.5, 0.6) is 0 Å². The fraction of sp³-hybridized carbons (Fsp3) is 0.471. The van der Waals surface area contributed by atoms with Crippen LogP contribution in [0, 0.1) is 5.41 Å². The van der Waals surface area contributed by atoms with Crippen LogP contribution in [-0.2, 0) is 9.59 Å². The number of amides is 1. The summed E-state index contributed by atoms with van der Waals surface area (Å²) < 4.78 is 0. The van der Waals surface area contributed by atoms with E-state index in [1.54, 1.807) is 45.0 Å². The molecular weight excluding hydrogens is 282 g/mol. The van der Waals surface area contributed by atoms with Gasteiger partial charge < -0.3 is 14.8 Å². The van der Waals surface area contributed by atoms with Gasteiger partial charge in [-0.1, -0.05) is 51.1 Å². The number of carboxylic acids is 1. The quantitative estimate of drug-likeness (QED) is 0.601. The van der Waals surface area contributed by atoms with Gasteiger partial charge in [-0.15, -0.1) is 0 Å². The van der Waals surface area contributed by atoms with Gasteiger partial charge in [0.25, 0.3) is 0 Å². The Morgan fingerprint density at radius 1 is 1.27 bits per heavy atom. The zero-order chi connectivity index (χ0) is 16.5. The maximum absolute atomic E-state index is 12.2. The second kappa shape index (κ2) is 5.91. The van der Waals surface area contributed by atoms with E-state index in [4.69, 9.17) is 0 Å². The molecule has 0 N–H and O–H groups in total. The molecule has 5 heteroatoms. The third kappa shape index (κ3) is 3.18. The second-order valence-corrected chi connectivity index (χ2v) is 6.74. The van der Waals surface area contributed by atoms with Crippen molar-refractivity contribution in [1.82, 2.24) is 4.90 Å². The average molecular weight is 302 g/mol. The van der Waals surface area contributed by atoms with Crippen molar-refractivity contribution in [1.29, 1.82) is 0 Å². The lowest BCUT2D eigenvalue weighted by molar-refractivity contribution is -0.316. The van der Waals surface area contributed by atoms with Crippen LogP contribution in [0.2, 0.25) is 0 Å². The lowest BCUT2D eigenvalue weighted by atomic mass is 9.81. The van der Waals surface area contributed by atoms with Gasteiger partial charge in [-0.25, -0.2) is 0 Å². The van der Waals surface area contributed by atoms with Crippen LogP contribution in [0.25, 0.3) is 0 Å². The molecule has 0 aromatic heterocycles. The summed E-state index contributed by atoms with van der Waals surface area (Å²) in [5.41, 5.74) is -0.0780. The molecule has 0 bridgehead atoms. The number of ketones is 1. The fourth-order valence-corrected chi connectivity index (χ4v) is 2.86. The molecule has 1 aliphatic rings. The van der Waals surface area contributed by atoms with Crippen LogP contribution in [0.3, 0.4) is 0 Å². The maximum Gasteiger partial charge on any atom is 0.225 e. The molecule has 5 nitrogen and oxygen atoms in total. The number of hydrogen-bond acceptors (Lipinski definition) is 4. The number of carbonyl (C=O) groups is 3. The number of hydrogen-bond donors (Lipinski definition) is 0. The van der Waals surface area contributed by atoms with Gasteiger partial charge in [0.15, 0.2) is 5.78 Å². The molecule has 1 fully saturated rings. The van der Waals surface area contributed by atoms with Crippen LogP contribution >= 0.6 is 0 Å². The Kier molecular flexibility index (Phi) is 4.35. The minimum Gasteiger partial charge on any atom is -0.548 e. The molecule has 1 aliphatic heterocycles. The second-order valence-electron chi connectivity index (χ2n) is 6.74. The molecule has 1 amide bonds. The summed E-state index contributed by atoms with van der Waals surface area (Å²) in [7, 11) is 0. The number of benzene rings is 1. The summed E-state index contributed by atoms with van der Waals surface area (Å²) in [5.74, 6) is -1.61. The summed E-state index contributed by atoms with van der Waals surface area (Å²) in [6.45, 7) is 5.24. The Labute approximate surface area is 129 Å². The van der Waals surface area contributed by atoms with Gasteiger partial charge in [0.2, 0.25) is 5.91 Å². The lowest BCUT2D eigenvalue weighted by Gasteiger charge is -2.50. The summed E-state index contributed by atoms with van der Waals surface area (Å²) >= 11 is 0. The van der Waals surface area contributed by atoms with Crippen LogP contribution in [-0.4, -0.2) is 34.6 Å². The maximum atomic E-state index is 12.2. The van der Waals surface area contributed by atoms with E-state index in [1.807, 2.05) is 6.07 Å². The number of carboxylic acid groups (broad SMARTS) is 1. The largest absolute Gasteiger partial charge is 0.548 e. The molecule has 1 saturated heterocycles. The van der Waals surface area contributed by atoms with Gasteiger partial charge in [-0.05, 0) is 5.41 Å². The van der Waals surface area contributed by atoms with Gasteiger partial charge in [-0.2, -0.15) is 0 Å². The van der Waals surface area contributed by atoms with Crippen molar-refractivity contribution in [2.24, 2.45) is 5.41 Å². The molecule has 0 saturated carbocycles. The molecule has 0 spiro atoms. The molecule has 0 radical (unpaired) electrons. The molecule has 1 heterocycles. The van der Waals surface area contributed by atoms with E-state index in [0.29, 0.717) is 5.56 Å². The Hall–Kier alpha value is -2.17. The molecule has 0 aliphatic carbocycles. The number of likely N-dealkylation sites (tertiary alicyclic amines) is 1. The van der Waals surface area contributed by atoms with E-state index in [-0.39, 0.29) is 30.6 Å². The Morgan fingerprint density at radius 3 is 2.32 bits per heavy atom. The fourth-order valence-electron chi connectivity index (χ4n) is 2.86. The Bertz CT molecular complexity index is 588. The summed E-state index contributed by atoms with van der Waals surface area (Å²) in [5, 5.41) is 11.4. The molecule has 2 unspecified atom stereocenters. The van der Waals surface area contributed by atoms with Crippen molar-refractivity contribution in [3.8, 4) is 0 Å². The van der Waals surface area contributed by atoms with Crippen LogP contribution in [0.1, 0.15) is 44.0 Å². The molecule has 22 heavy (non-hydrogen) atoms. The van der Waals surface area contributed by atoms with E-state index >= 15 is 0 Å². The van der Waals surface area contributed by atoms with Crippen LogP contribution < -0.4 is 5.11 Å². The minimum absolute atomic E-state index is 0.0888. The highest BCUT2D eigenvalue weighted by Crippen LogP contribution is 2.34. The number of Topliss-reactive ketones (excluding diaryl/α,β-unsaturated/α-hetero) is 1. The zero-order valence-electron chi connectivity index (χ0n) is 13.0. The summed E-state index contributed by atoms with van der Waals surface area (Å²) in [4.78, 5) is 36.9. The third-order valence-corrected chi connectivity index (χ3v) is 3.93. The smallest absolute Gasteiger partial charge is 0.225 e. The molecule has 1 aromatic carbocycles. The molecule has 2 rings (SSSR count). The van der Waals surface area contributed by atoms with E-state index < -0.39 is 17.4 Å². The first kappa shape index (κ1) is 16.2. The van der Waals surface area contributed by atoms with Gasteiger partial charge >= 0.3 is 0 Å². The molecule has 1 aromatic rings. The first-order valence-electron chi connectivity index (χ1n) is 7.32. The van der Waals surface area contributed by atoms with Crippen molar-refractivity contribution in [2.45, 2.75) is 45.7 Å². The SMILES string of the molecule is CC(C)(C)C(C(=O)[O-])N1C(=O)CC1CC(=O)c1ccccc1. The monoisotopic (exact) mass is 302 g/mol. The standard InChI is InChI=1S/C17H21NO4/c1-17(2,3)15(16(21)22)18-12(10-14(18)20)9-13(19)11-7-5-4-6-8-11/h4-8,12,15H,9-10H2,1-3H3,(H,21,22)/p-1. The van der Waals surface area contributed by atoms with E-state index in [1.165, 1.54) is 4.90 Å². The predicted octanol–water partition coefficient (Wildman–Crippen LogP) is 1.02. The van der Waals surface area contributed by atoms with Crippen molar-refractivity contribution in [2.75, 3.05) is 0 Å². The minimum atomic E-state index is -1.28. The first-order chi connectivity index (χ1) is 10.2. The Morgan fingerprint density at radius 2 is 1.86 bits per heavy atom. The third-order valence-electron chi connectivity index (χ3n) is 3.93. The predicted molar refractivity (Wildman–Crippen MR) is 78.9 cm³/mol. The van der Waals surface area contributed by atoms with E-state index in [9.17, 15) is 19.5 Å². The van der Waals surface area contributed by atoms with Crippen molar-refractivity contribution >= 4 is 17.7 Å². The highest BCUT2D eigenvalue weighted by Gasteiger charge is 2.46. The molecule has 2 atom stereocenters. The van der Waals surface area contributed by atoms with E-state index in [2.05, 4.69) is 0 Å². The number of rotatable bonds is 5. The van der Waals surface area contributed by atoms with Crippen LogP contribution in [0.15, 0.2) is 30.3 Å². The van der Waals surface area contributed by atoms with Crippen molar-refractivity contribution in [3.63, 3.8) is 0 Å². The van der Waals surface area contributed by atoms with E-state index in [0.717, 1.165) is 0 Å². The van der Waals surface area contributed by atoms with Gasteiger partial charge in [-0.3, -0.25) is 9.59 Å². The Balaban J connectivity index is 2.14. The number of aliphatic carboxylic acids is 1. The zero-order valence-corrected chi connectivity index (χ0v) is 13.0. The number of β-lactam (4-membered cyclic amide) rings is 1. The first-order valence-corrected chi connectivity index (χ1v) is 7.32. The van der Waals surface area contributed by atoms with Gasteiger partial charge in [0.1, 0.15) is 0 Å². The topological polar surface area (TPSA) is 77.5 Å². The van der Waals surface area contributed by atoms with Crippen LogP contribution in [0.4, 0.5) is 0 Å². The lowest BCUT2D eigenvalue weighted by Crippen LogP contribution is -2.66. The average Bonchev–Trinajstić information content (AvgIpc) is 2.43. The normalized spacial score (nSPS) is 19.5. The van der Waals surface area contributed by atoms with Crippen molar-refractivity contribution < 1.29 is 19.5 Å². The summed E-state index contributed by atoms with van der Waals surface area (Å²) in [6.07, 6.45) is 0.341. The van der Waals surface area contributed by atoms with Gasteiger partial charge in [0.05, 0.1) is 12.0 Å². The highest BCUT2D eigenvalue weighted by molar-refractivity contribution is 5.98. The molecule has 118 valence electrons. The number of carbonyl (C=O) groups excluding carboxylic acids is 3. The van der Waals surface area contributed by atoms with Crippen molar-refractivity contribution in [3.05, 3.63) is 35.9 Å². The number of nitrogens with zero attached hydrogens (tertiary/aromatic N) is 1. The highest BCUT2D eigenvalue weighted by atomic mass is 16.4. The summed E-state index contributed by atoms with van der Waals surface area (Å²) in [6, 6.07) is 7.40.